The van der Waals surface area contributed by atoms with E-state index in [-0.39, 0.29) is 32.0 Å². The number of benzene rings is 1. The molecule has 0 bridgehead atoms. The van der Waals surface area contributed by atoms with Crippen molar-refractivity contribution in [3.8, 4) is 17.2 Å². The van der Waals surface area contributed by atoms with Crippen LogP contribution in [0.4, 0.5) is 0 Å². The number of aromatic hydroxyl groups is 3. The third-order valence-corrected chi connectivity index (χ3v) is 2.75. The number of phenols is 3. The first-order valence-corrected chi connectivity index (χ1v) is 7.32. The number of ether oxygens (including phenoxy) is 4. The molecule has 1 aromatic rings. The van der Waals surface area contributed by atoms with Crippen LogP contribution < -0.4 is 0 Å². The Kier molecular flexibility index (Phi) is 9.54. The Labute approximate surface area is 139 Å². The van der Waals surface area contributed by atoms with Crippen molar-refractivity contribution in [1.82, 2.24) is 0 Å². The molecule has 0 saturated heterocycles. The molecule has 0 saturated carbocycles. The Hall–Kier alpha value is -2.07. The van der Waals surface area contributed by atoms with Crippen LogP contribution in [-0.2, 0) is 18.9 Å². The lowest BCUT2D eigenvalue weighted by Crippen LogP contribution is -2.14. The summed E-state index contributed by atoms with van der Waals surface area (Å²) in [6.07, 6.45) is 0. The molecule has 0 fully saturated rings. The smallest absolute Gasteiger partial charge is 0.338 e. The largest absolute Gasteiger partial charge is 0.504 e. The van der Waals surface area contributed by atoms with E-state index >= 15 is 0 Å². The summed E-state index contributed by atoms with van der Waals surface area (Å²) in [6, 6.07) is 1.98. The van der Waals surface area contributed by atoms with Crippen molar-refractivity contribution >= 4 is 5.97 Å². The molecule has 0 aliphatic carbocycles. The van der Waals surface area contributed by atoms with Gasteiger partial charge in [0.2, 0.25) is 0 Å². The van der Waals surface area contributed by atoms with Crippen molar-refractivity contribution < 1.29 is 44.2 Å². The molecular formula is C15H22O9. The van der Waals surface area contributed by atoms with Gasteiger partial charge in [0, 0.05) is 0 Å². The van der Waals surface area contributed by atoms with Gasteiger partial charge in [0.25, 0.3) is 0 Å². The lowest BCUT2D eigenvalue weighted by atomic mass is 10.2. The topological polar surface area (TPSA) is 135 Å². The first-order chi connectivity index (χ1) is 11.6. The van der Waals surface area contributed by atoms with Crippen molar-refractivity contribution in [2.45, 2.75) is 0 Å². The van der Waals surface area contributed by atoms with Crippen LogP contribution in [0.25, 0.3) is 0 Å². The van der Waals surface area contributed by atoms with E-state index in [1.165, 1.54) is 0 Å². The van der Waals surface area contributed by atoms with Crippen LogP contribution in [0.15, 0.2) is 12.1 Å². The summed E-state index contributed by atoms with van der Waals surface area (Å²) in [5.74, 6) is -2.69. The van der Waals surface area contributed by atoms with Crippen LogP contribution in [-0.4, -0.2) is 79.3 Å². The van der Waals surface area contributed by atoms with Crippen LogP contribution in [0.5, 0.6) is 17.2 Å². The van der Waals surface area contributed by atoms with Gasteiger partial charge in [0.1, 0.15) is 6.61 Å². The molecule has 0 aliphatic rings. The predicted octanol–water partition coefficient (Wildman–Crippen LogP) is 0.00230. The number of hydrogen-bond acceptors (Lipinski definition) is 9. The maximum atomic E-state index is 11.7. The fourth-order valence-corrected chi connectivity index (χ4v) is 1.61. The van der Waals surface area contributed by atoms with Gasteiger partial charge in [-0.15, -0.1) is 0 Å². The van der Waals surface area contributed by atoms with E-state index in [4.69, 9.17) is 24.1 Å². The van der Waals surface area contributed by atoms with Gasteiger partial charge >= 0.3 is 5.97 Å². The minimum atomic E-state index is -0.763. The SMILES string of the molecule is O=C(OCCOCCOCCOCCO)c1cc(O)c(O)c(O)c1. The van der Waals surface area contributed by atoms with E-state index in [0.29, 0.717) is 26.4 Å². The average Bonchev–Trinajstić information content (AvgIpc) is 2.56. The predicted molar refractivity (Wildman–Crippen MR) is 81.3 cm³/mol. The van der Waals surface area contributed by atoms with Crippen molar-refractivity contribution in [3.05, 3.63) is 17.7 Å². The number of carbonyl (C=O) groups excluding carboxylic acids is 1. The molecule has 4 N–H and O–H groups in total. The second-order valence-corrected chi connectivity index (χ2v) is 4.56. The molecule has 0 radical (unpaired) electrons. The third kappa shape index (κ3) is 7.47. The highest BCUT2D eigenvalue weighted by atomic mass is 16.6. The summed E-state index contributed by atoms with van der Waals surface area (Å²) >= 11 is 0. The second-order valence-electron chi connectivity index (χ2n) is 4.56. The average molecular weight is 346 g/mol. The Morgan fingerprint density at radius 2 is 1.25 bits per heavy atom. The summed E-state index contributed by atoms with van der Waals surface area (Å²) in [5.41, 5.74) is -0.0889. The first-order valence-electron chi connectivity index (χ1n) is 7.32. The van der Waals surface area contributed by atoms with Gasteiger partial charge in [-0.25, -0.2) is 4.79 Å². The first kappa shape index (κ1) is 20.0. The summed E-state index contributed by atoms with van der Waals surface area (Å²) < 4.78 is 20.3. The molecule has 0 unspecified atom stereocenters. The summed E-state index contributed by atoms with van der Waals surface area (Å²) in [4.78, 5) is 11.7. The monoisotopic (exact) mass is 346 g/mol. The van der Waals surface area contributed by atoms with Gasteiger partial charge < -0.3 is 39.4 Å². The molecule has 1 aromatic carbocycles. The maximum Gasteiger partial charge on any atom is 0.338 e. The third-order valence-electron chi connectivity index (χ3n) is 2.75. The molecular weight excluding hydrogens is 324 g/mol. The summed E-state index contributed by atoms with van der Waals surface area (Å²) in [5, 5.41) is 36.3. The van der Waals surface area contributed by atoms with Crippen LogP contribution >= 0.6 is 0 Å². The van der Waals surface area contributed by atoms with E-state index in [0.717, 1.165) is 12.1 Å². The number of phenolic OH excluding ortho intramolecular Hbond substituents is 3. The van der Waals surface area contributed by atoms with E-state index in [1.807, 2.05) is 0 Å². The van der Waals surface area contributed by atoms with E-state index in [1.54, 1.807) is 0 Å². The molecule has 0 spiro atoms. The molecule has 0 amide bonds. The molecule has 9 heteroatoms. The number of esters is 1. The minimum Gasteiger partial charge on any atom is -0.504 e. The normalized spacial score (nSPS) is 10.7. The van der Waals surface area contributed by atoms with Crippen molar-refractivity contribution in [2.24, 2.45) is 0 Å². The molecule has 1 rings (SSSR count). The summed E-state index contributed by atoms with van der Waals surface area (Å²) in [7, 11) is 0. The van der Waals surface area contributed by atoms with E-state index in [9.17, 15) is 20.1 Å². The number of aliphatic hydroxyl groups excluding tert-OH is 1. The zero-order valence-corrected chi connectivity index (χ0v) is 13.1. The standard InChI is InChI=1S/C15H22O9/c16-1-2-21-3-4-22-5-6-23-7-8-24-15(20)11-9-12(17)14(19)13(18)10-11/h9-10,16-19H,1-8H2. The van der Waals surface area contributed by atoms with Crippen molar-refractivity contribution in [2.75, 3.05) is 52.9 Å². The Morgan fingerprint density at radius 1 is 0.792 bits per heavy atom. The lowest BCUT2D eigenvalue weighted by molar-refractivity contribution is -0.00315. The molecule has 0 aliphatic heterocycles. The molecule has 136 valence electrons. The van der Waals surface area contributed by atoms with Crippen molar-refractivity contribution in [1.29, 1.82) is 0 Å². The quantitative estimate of drug-likeness (QED) is 0.234. The van der Waals surface area contributed by atoms with Gasteiger partial charge in [-0.3, -0.25) is 0 Å². The highest BCUT2D eigenvalue weighted by Gasteiger charge is 2.14. The molecule has 0 atom stereocenters. The highest BCUT2D eigenvalue weighted by Crippen LogP contribution is 2.35. The van der Waals surface area contributed by atoms with Crippen LogP contribution in [0.2, 0.25) is 0 Å². The molecule has 9 nitrogen and oxygen atoms in total. The Balaban J connectivity index is 2.08. The highest BCUT2D eigenvalue weighted by molar-refractivity contribution is 5.91. The Morgan fingerprint density at radius 3 is 1.75 bits per heavy atom. The van der Waals surface area contributed by atoms with E-state index < -0.39 is 23.2 Å². The zero-order valence-electron chi connectivity index (χ0n) is 13.1. The number of rotatable bonds is 12. The Bertz CT molecular complexity index is 481. The van der Waals surface area contributed by atoms with Crippen LogP contribution in [0.1, 0.15) is 10.4 Å². The minimum absolute atomic E-state index is 0.0131. The molecule has 24 heavy (non-hydrogen) atoms. The van der Waals surface area contributed by atoms with Gasteiger partial charge in [-0.05, 0) is 12.1 Å². The number of hydrogen-bond donors (Lipinski definition) is 4. The van der Waals surface area contributed by atoms with Gasteiger partial charge in [-0.1, -0.05) is 0 Å². The number of aliphatic hydroxyl groups is 1. The van der Waals surface area contributed by atoms with E-state index in [2.05, 4.69) is 0 Å². The van der Waals surface area contributed by atoms with Crippen LogP contribution in [0, 0.1) is 0 Å². The van der Waals surface area contributed by atoms with Crippen LogP contribution in [0.3, 0.4) is 0 Å². The number of carbonyl (C=O) groups is 1. The van der Waals surface area contributed by atoms with Gasteiger partial charge in [0.15, 0.2) is 17.2 Å². The second kappa shape index (κ2) is 11.5. The molecule has 0 aromatic heterocycles. The van der Waals surface area contributed by atoms with Gasteiger partial charge in [0.05, 0.1) is 51.8 Å². The van der Waals surface area contributed by atoms with Crippen molar-refractivity contribution in [3.63, 3.8) is 0 Å². The lowest BCUT2D eigenvalue weighted by Gasteiger charge is -2.08. The zero-order chi connectivity index (χ0) is 17.8. The van der Waals surface area contributed by atoms with Gasteiger partial charge in [-0.2, -0.15) is 0 Å². The summed E-state index contributed by atoms with van der Waals surface area (Å²) in [6.45, 7) is 1.87. The fourth-order valence-electron chi connectivity index (χ4n) is 1.61. The fraction of sp³-hybridized carbons (Fsp3) is 0.533. The molecule has 0 heterocycles. The maximum absolute atomic E-state index is 11.7.